The molecule has 2 aliphatic rings. The molecule has 0 radical (unpaired) electrons. The van der Waals surface area contributed by atoms with Crippen molar-refractivity contribution in [1.29, 1.82) is 0 Å². The number of carbonyl (C=O) groups excluding carboxylic acids is 4. The van der Waals surface area contributed by atoms with E-state index in [-0.39, 0.29) is 50.8 Å². The van der Waals surface area contributed by atoms with E-state index in [2.05, 4.69) is 63.5 Å². The van der Waals surface area contributed by atoms with Crippen LogP contribution in [0.5, 0.6) is 0 Å². The number of aliphatic hydroxyl groups is 10. The molecule has 2 fully saturated rings. The molecule has 608 valence electrons. The van der Waals surface area contributed by atoms with Crippen molar-refractivity contribution in [2.24, 2.45) is 5.41 Å². The number of aliphatic hydroxyl groups excluding tert-OH is 8. The first-order valence-electron chi connectivity index (χ1n) is 39.0. The van der Waals surface area contributed by atoms with Crippen molar-refractivity contribution < 1.29 is 70.2 Å². The highest BCUT2D eigenvalue weighted by Crippen LogP contribution is 2.29. The number of allylic oxidation sites excluding steroid dienone is 22. The van der Waals surface area contributed by atoms with Crippen LogP contribution in [0.3, 0.4) is 0 Å². The van der Waals surface area contributed by atoms with Crippen LogP contribution in [0.2, 0.25) is 0 Å². The molecule has 0 aromatic carbocycles. The second-order valence-corrected chi connectivity index (χ2v) is 28.5. The zero-order valence-electron chi connectivity index (χ0n) is 65.1. The summed E-state index contributed by atoms with van der Waals surface area (Å²) >= 11 is 0. The lowest BCUT2D eigenvalue weighted by atomic mass is 9.86. The SMILES string of the molecule is C.C.C.CC(=O)CCC[C@H](O)[C@H](O)/C=C/C=C/C#C/C=C/C1(O)CCCCCCC1.CC(=O)CCC[C@H](O)[C@H](O)/C=C/C=C/C=C\C=C\C1(O)CCCCCCC1.CCCCCC(C)(C)/C=C/C#C/C=C/C=C/[C@@H](O)[C@@H](O)CCCC(C)=O.CCCCCC/C=C/C=C\C=C\C=C\[C@@H](O)[C@@H](O)CCCC(C)=O. The lowest BCUT2D eigenvalue weighted by Gasteiger charge is -2.26. The average Bonchev–Trinajstić information content (AvgIpc) is 0.898. The molecule has 0 saturated heterocycles. The fourth-order valence-electron chi connectivity index (χ4n) is 10.9. The Bertz CT molecular complexity index is 2790. The molecule has 14 heteroatoms. The predicted octanol–water partition coefficient (Wildman–Crippen LogP) is 19.1. The third-order valence-electron chi connectivity index (χ3n) is 17.5. The molecule has 10 N–H and O–H groups in total. The smallest absolute Gasteiger partial charge is 0.129 e. The minimum absolute atomic E-state index is 0. The van der Waals surface area contributed by atoms with Gasteiger partial charge in [0.2, 0.25) is 0 Å². The molecule has 0 spiro atoms. The standard InChI is InChI=1S/C23H36O4.C23H34O4.C23H36O3.C21H34O3.3CH4/c2*1-20(24)14-13-16-22(26)21(25)15-9-5-2-3-6-10-17-23(27)18-11-7-4-8-12-19-23;1-5-6-12-18-23(3,4)19-13-10-8-7-9-11-16-21(25)22(26)17-14-15-20(2)24;1-3-4-5-6-7-8-9-10-11-12-13-14-17-20(23)21(24)18-15-16-19(2)22;;;/h2-3,5-6,9-10,15,17,21-22,25-27H,4,7-8,11-14,16,18-19H2,1H3;2,5,9-10,15,17,21-22,25-27H,4,7-8,11-14,16,18-19H2,1H3;7,9,11,13,16,19,21-22,25-26H,5-6,12,14-15,17-18H2,1-4H3;8-14,17,20-21,23-24H,3-7,15-16,18H2,1-2H3;3*1H4/b5-2+,6-3-,15-9+,17-10+;5-2+,15-9+,17-10+;9-7+,16-11+,19-13+;9-8+,11-10-,13-12+,17-14+;;;/t3*21-,22+;20-,21+;;;/m1111.../s1. The number of carbonyl (C=O) groups is 4. The molecule has 0 aliphatic heterocycles. The first-order chi connectivity index (χ1) is 49.7. The van der Waals surface area contributed by atoms with Crippen LogP contribution in [0.4, 0.5) is 0 Å². The van der Waals surface area contributed by atoms with E-state index in [1.54, 1.807) is 66.8 Å². The van der Waals surface area contributed by atoms with Gasteiger partial charge in [-0.25, -0.2) is 0 Å². The lowest BCUT2D eigenvalue weighted by Crippen LogP contribution is -2.26. The molecule has 107 heavy (non-hydrogen) atoms. The van der Waals surface area contributed by atoms with Crippen molar-refractivity contribution in [2.75, 3.05) is 0 Å². The molecule has 0 amide bonds. The topological polar surface area (TPSA) is 271 Å². The van der Waals surface area contributed by atoms with Gasteiger partial charge in [0.25, 0.3) is 0 Å². The summed E-state index contributed by atoms with van der Waals surface area (Å²) in [5.74, 6) is 12.0. The minimum atomic E-state index is -0.956. The van der Waals surface area contributed by atoms with Crippen LogP contribution in [0.15, 0.2) is 170 Å². The molecule has 2 rings (SSSR count). The van der Waals surface area contributed by atoms with E-state index in [0.29, 0.717) is 77.0 Å². The van der Waals surface area contributed by atoms with Crippen LogP contribution < -0.4 is 0 Å². The van der Waals surface area contributed by atoms with Crippen LogP contribution in [0, 0.1) is 29.1 Å². The second-order valence-electron chi connectivity index (χ2n) is 28.5. The number of ketones is 4. The molecular formula is C93H152O14. The molecule has 8 atom stereocenters. The van der Waals surface area contributed by atoms with Crippen molar-refractivity contribution in [3.63, 3.8) is 0 Å². The summed E-state index contributed by atoms with van der Waals surface area (Å²) in [5.41, 5.74) is -1.21. The summed E-state index contributed by atoms with van der Waals surface area (Å²) in [6.07, 6.45) is 74.9. The maximum Gasteiger partial charge on any atom is 0.129 e. The average molecular weight is 1490 g/mol. The fourth-order valence-corrected chi connectivity index (χ4v) is 10.9. The Morgan fingerprint density at radius 3 is 1.02 bits per heavy atom. The zero-order chi connectivity index (χ0) is 77.8. The molecule has 0 unspecified atom stereocenters. The summed E-state index contributed by atoms with van der Waals surface area (Å²) < 4.78 is 0. The van der Waals surface area contributed by atoms with E-state index in [4.69, 9.17) is 0 Å². The summed E-state index contributed by atoms with van der Waals surface area (Å²) in [6.45, 7) is 15.0. The van der Waals surface area contributed by atoms with Crippen LogP contribution >= 0.6 is 0 Å². The number of hydrogen-bond donors (Lipinski definition) is 10. The van der Waals surface area contributed by atoms with Gasteiger partial charge < -0.3 is 70.2 Å². The van der Waals surface area contributed by atoms with Crippen molar-refractivity contribution in [3.8, 4) is 23.7 Å². The van der Waals surface area contributed by atoms with Crippen LogP contribution in [-0.2, 0) is 19.2 Å². The van der Waals surface area contributed by atoms with Gasteiger partial charge in [0.15, 0.2) is 0 Å². The van der Waals surface area contributed by atoms with Gasteiger partial charge in [-0.1, -0.05) is 316 Å². The lowest BCUT2D eigenvalue weighted by molar-refractivity contribution is -0.118. The highest BCUT2D eigenvalue weighted by atomic mass is 16.3. The third-order valence-corrected chi connectivity index (χ3v) is 17.5. The van der Waals surface area contributed by atoms with Gasteiger partial charge in [-0.05, 0) is 160 Å². The predicted molar refractivity (Wildman–Crippen MR) is 451 cm³/mol. The maximum atomic E-state index is 10.9. The Labute approximate surface area is 651 Å². The Morgan fingerprint density at radius 2 is 0.654 bits per heavy atom. The van der Waals surface area contributed by atoms with E-state index in [0.717, 1.165) is 57.8 Å². The van der Waals surface area contributed by atoms with Gasteiger partial charge in [-0.3, -0.25) is 0 Å². The Balaban J connectivity index is -0.000000429. The van der Waals surface area contributed by atoms with Gasteiger partial charge in [0.05, 0.1) is 60.0 Å². The van der Waals surface area contributed by atoms with Crippen LogP contribution in [0.1, 0.15) is 302 Å². The highest BCUT2D eigenvalue weighted by Gasteiger charge is 2.25. The monoisotopic (exact) mass is 1490 g/mol. The fraction of sp³-hybridized carbons (Fsp3) is 0.613. The summed E-state index contributed by atoms with van der Waals surface area (Å²) in [5, 5.41) is 99.5. The van der Waals surface area contributed by atoms with E-state index in [9.17, 15) is 70.2 Å². The number of Topliss-reactive ketones (excluding diaryl/α,β-unsaturated/α-hetero) is 4. The summed E-state index contributed by atoms with van der Waals surface area (Å²) in [7, 11) is 0. The van der Waals surface area contributed by atoms with E-state index >= 15 is 0 Å². The van der Waals surface area contributed by atoms with Gasteiger partial charge in [0, 0.05) is 25.7 Å². The van der Waals surface area contributed by atoms with Crippen LogP contribution in [-0.4, -0.2) is 134 Å². The van der Waals surface area contributed by atoms with Gasteiger partial charge in [0.1, 0.15) is 23.1 Å². The largest absolute Gasteiger partial charge is 0.390 e. The Hall–Kier alpha value is -6.24. The molecular weight excluding hydrogens is 1340 g/mol. The quantitative estimate of drug-likeness (QED) is 0.0154. The molecule has 2 saturated carbocycles. The number of unbranched alkanes of at least 4 members (excludes halogenated alkanes) is 6. The van der Waals surface area contributed by atoms with Crippen molar-refractivity contribution in [1.82, 2.24) is 0 Å². The Morgan fingerprint density at radius 1 is 0.355 bits per heavy atom. The maximum absolute atomic E-state index is 10.9. The first kappa shape index (κ1) is 109. The number of rotatable bonds is 44. The molecule has 0 bridgehead atoms. The summed E-state index contributed by atoms with van der Waals surface area (Å²) in [4.78, 5) is 43.4. The molecule has 0 heterocycles. The highest BCUT2D eigenvalue weighted by molar-refractivity contribution is 5.76. The van der Waals surface area contributed by atoms with Gasteiger partial charge in [-0.2, -0.15) is 0 Å². The van der Waals surface area contributed by atoms with E-state index < -0.39 is 60.0 Å². The van der Waals surface area contributed by atoms with Crippen molar-refractivity contribution in [2.45, 2.75) is 362 Å². The van der Waals surface area contributed by atoms with E-state index in [1.807, 2.05) is 72.9 Å². The molecule has 0 aromatic rings. The van der Waals surface area contributed by atoms with Gasteiger partial charge in [-0.15, -0.1) is 0 Å². The van der Waals surface area contributed by atoms with Crippen molar-refractivity contribution >= 4 is 23.1 Å². The van der Waals surface area contributed by atoms with Gasteiger partial charge >= 0.3 is 0 Å². The zero-order valence-corrected chi connectivity index (χ0v) is 65.1. The minimum Gasteiger partial charge on any atom is -0.390 e. The normalized spacial score (nSPS) is 17.4. The summed E-state index contributed by atoms with van der Waals surface area (Å²) in [6, 6.07) is 0. The van der Waals surface area contributed by atoms with Crippen molar-refractivity contribution in [3.05, 3.63) is 170 Å². The van der Waals surface area contributed by atoms with E-state index in [1.165, 1.54) is 136 Å². The third kappa shape index (κ3) is 73.7. The Kier molecular flexibility index (Phi) is 75.5. The van der Waals surface area contributed by atoms with Crippen LogP contribution in [0.25, 0.3) is 0 Å². The molecule has 2 aliphatic carbocycles. The molecule has 0 aromatic heterocycles. The molecule has 14 nitrogen and oxygen atoms in total. The first-order valence-corrected chi connectivity index (χ1v) is 39.0. The second kappa shape index (κ2) is 73.9. The number of hydrogen-bond acceptors (Lipinski definition) is 14.